The van der Waals surface area contributed by atoms with Crippen LogP contribution in [0.1, 0.15) is 31.2 Å². The summed E-state index contributed by atoms with van der Waals surface area (Å²) >= 11 is 0. The third-order valence-electron chi connectivity index (χ3n) is 6.50. The van der Waals surface area contributed by atoms with Gasteiger partial charge in [-0.3, -0.25) is 29.0 Å². The van der Waals surface area contributed by atoms with Crippen LogP contribution >= 0.6 is 0 Å². The van der Waals surface area contributed by atoms with Gasteiger partial charge in [0.25, 0.3) is 0 Å². The quantitative estimate of drug-likeness (QED) is 0.648. The van der Waals surface area contributed by atoms with E-state index >= 15 is 0 Å². The van der Waals surface area contributed by atoms with Crippen LogP contribution in [0.15, 0.2) is 30.3 Å². The highest BCUT2D eigenvalue weighted by molar-refractivity contribution is 6.04. The Morgan fingerprint density at radius 3 is 2.19 bits per heavy atom. The standard InChI is InChI=1S/C23H30N4O4/c28-20-8-9-21(29)27(20)17-22(30)25-11-13-26(14-12-25)23(31)19-7-4-10-24(16-19)15-18-5-2-1-3-6-18/h1-3,5-6,19H,4,7-17H2. The molecule has 4 rings (SSSR count). The second kappa shape index (κ2) is 9.60. The second-order valence-electron chi connectivity index (χ2n) is 8.64. The smallest absolute Gasteiger partial charge is 0.242 e. The Balaban J connectivity index is 1.25. The van der Waals surface area contributed by atoms with Crippen molar-refractivity contribution in [3.63, 3.8) is 0 Å². The molecule has 0 aromatic heterocycles. The van der Waals surface area contributed by atoms with Gasteiger partial charge in [0.1, 0.15) is 6.54 Å². The molecule has 3 heterocycles. The van der Waals surface area contributed by atoms with Crippen molar-refractivity contribution in [3.8, 4) is 0 Å². The van der Waals surface area contributed by atoms with E-state index in [2.05, 4.69) is 17.0 Å². The average molecular weight is 427 g/mol. The van der Waals surface area contributed by atoms with E-state index in [1.165, 1.54) is 5.56 Å². The zero-order chi connectivity index (χ0) is 21.8. The van der Waals surface area contributed by atoms with Crippen LogP contribution in [0.4, 0.5) is 0 Å². The van der Waals surface area contributed by atoms with Gasteiger partial charge in [-0.25, -0.2) is 0 Å². The number of hydrogen-bond acceptors (Lipinski definition) is 5. The van der Waals surface area contributed by atoms with Crippen LogP contribution in [-0.4, -0.2) is 89.0 Å². The van der Waals surface area contributed by atoms with Crippen molar-refractivity contribution >= 4 is 23.6 Å². The molecule has 0 bridgehead atoms. The van der Waals surface area contributed by atoms with Crippen LogP contribution in [0.5, 0.6) is 0 Å². The molecular formula is C23H30N4O4. The van der Waals surface area contributed by atoms with Gasteiger partial charge in [-0.1, -0.05) is 30.3 Å². The Morgan fingerprint density at radius 2 is 1.52 bits per heavy atom. The van der Waals surface area contributed by atoms with E-state index in [0.717, 1.165) is 37.4 Å². The molecule has 1 unspecified atom stereocenters. The molecule has 0 aliphatic carbocycles. The van der Waals surface area contributed by atoms with Crippen LogP contribution in [-0.2, 0) is 25.7 Å². The maximum Gasteiger partial charge on any atom is 0.242 e. The Morgan fingerprint density at radius 1 is 0.871 bits per heavy atom. The lowest BCUT2D eigenvalue weighted by molar-refractivity contribution is -0.147. The summed E-state index contributed by atoms with van der Waals surface area (Å²) in [6.07, 6.45) is 2.30. The van der Waals surface area contributed by atoms with Crippen molar-refractivity contribution in [1.82, 2.24) is 19.6 Å². The van der Waals surface area contributed by atoms with Gasteiger partial charge in [0.2, 0.25) is 23.6 Å². The van der Waals surface area contributed by atoms with Gasteiger partial charge in [0.15, 0.2) is 0 Å². The van der Waals surface area contributed by atoms with Gasteiger partial charge < -0.3 is 9.80 Å². The molecule has 4 amide bonds. The molecule has 1 aromatic carbocycles. The monoisotopic (exact) mass is 426 g/mol. The van der Waals surface area contributed by atoms with E-state index in [1.807, 2.05) is 23.1 Å². The Kier molecular flexibility index (Phi) is 6.65. The first-order valence-electron chi connectivity index (χ1n) is 11.2. The molecule has 3 saturated heterocycles. The maximum atomic E-state index is 13.1. The molecule has 3 aliphatic rings. The van der Waals surface area contributed by atoms with Crippen molar-refractivity contribution in [1.29, 1.82) is 0 Å². The highest BCUT2D eigenvalue weighted by Gasteiger charge is 2.34. The summed E-state index contributed by atoms with van der Waals surface area (Å²) in [5, 5.41) is 0. The Hall–Kier alpha value is -2.74. The second-order valence-corrected chi connectivity index (χ2v) is 8.64. The first-order valence-corrected chi connectivity index (χ1v) is 11.2. The summed E-state index contributed by atoms with van der Waals surface area (Å²) in [5.41, 5.74) is 1.26. The van der Waals surface area contributed by atoms with Crippen LogP contribution < -0.4 is 0 Å². The fraction of sp³-hybridized carbons (Fsp3) is 0.565. The summed E-state index contributed by atoms with van der Waals surface area (Å²) in [7, 11) is 0. The number of amides is 4. The van der Waals surface area contributed by atoms with Crippen LogP contribution in [0.25, 0.3) is 0 Å². The molecule has 1 atom stereocenters. The summed E-state index contributed by atoms with van der Waals surface area (Å²) in [6, 6.07) is 10.3. The molecule has 0 spiro atoms. The van der Waals surface area contributed by atoms with E-state index in [4.69, 9.17) is 0 Å². The summed E-state index contributed by atoms with van der Waals surface area (Å²) in [6.45, 7) is 4.36. The number of likely N-dealkylation sites (tertiary alicyclic amines) is 2. The molecule has 0 saturated carbocycles. The number of rotatable bonds is 5. The van der Waals surface area contributed by atoms with E-state index in [9.17, 15) is 19.2 Å². The van der Waals surface area contributed by atoms with Crippen LogP contribution in [0.2, 0.25) is 0 Å². The molecule has 0 radical (unpaired) electrons. The summed E-state index contributed by atoms with van der Waals surface area (Å²) < 4.78 is 0. The van der Waals surface area contributed by atoms with E-state index in [0.29, 0.717) is 26.2 Å². The van der Waals surface area contributed by atoms with Crippen LogP contribution in [0, 0.1) is 5.92 Å². The van der Waals surface area contributed by atoms with Gasteiger partial charge in [-0.2, -0.15) is 0 Å². The van der Waals surface area contributed by atoms with Gasteiger partial charge in [-0.15, -0.1) is 0 Å². The molecule has 1 aromatic rings. The minimum Gasteiger partial charge on any atom is -0.339 e. The zero-order valence-electron chi connectivity index (χ0n) is 17.9. The van der Waals surface area contributed by atoms with Crippen molar-refractivity contribution in [2.24, 2.45) is 5.92 Å². The number of nitrogens with zero attached hydrogens (tertiary/aromatic N) is 4. The lowest BCUT2D eigenvalue weighted by Crippen LogP contribution is -2.55. The van der Waals surface area contributed by atoms with Gasteiger partial charge in [-0.05, 0) is 24.9 Å². The maximum absolute atomic E-state index is 13.1. The third-order valence-corrected chi connectivity index (χ3v) is 6.50. The van der Waals surface area contributed by atoms with Gasteiger partial charge in [0.05, 0.1) is 5.92 Å². The summed E-state index contributed by atoms with van der Waals surface area (Å²) in [4.78, 5) is 56.0. The van der Waals surface area contributed by atoms with E-state index in [-0.39, 0.29) is 48.9 Å². The molecule has 31 heavy (non-hydrogen) atoms. The van der Waals surface area contributed by atoms with Crippen molar-refractivity contribution in [2.45, 2.75) is 32.2 Å². The SMILES string of the molecule is O=C(CN1C(=O)CCC1=O)N1CCN(C(=O)C2CCCN(Cc3ccccc3)C2)CC1. The van der Waals surface area contributed by atoms with Gasteiger partial charge >= 0.3 is 0 Å². The third kappa shape index (κ3) is 5.12. The normalized spacial score (nSPS) is 22.8. The number of hydrogen-bond donors (Lipinski definition) is 0. The average Bonchev–Trinajstić information content (AvgIpc) is 3.11. The topological polar surface area (TPSA) is 81.2 Å². The largest absolute Gasteiger partial charge is 0.339 e. The Labute approximate surface area is 182 Å². The number of piperazine rings is 1. The molecule has 0 N–H and O–H groups in total. The van der Waals surface area contributed by atoms with Crippen molar-refractivity contribution < 1.29 is 19.2 Å². The highest BCUT2D eigenvalue weighted by Crippen LogP contribution is 2.21. The van der Waals surface area contributed by atoms with Crippen molar-refractivity contribution in [2.75, 3.05) is 45.8 Å². The molecule has 166 valence electrons. The highest BCUT2D eigenvalue weighted by atomic mass is 16.2. The first-order chi connectivity index (χ1) is 15.0. The Bertz CT molecular complexity index is 819. The summed E-state index contributed by atoms with van der Waals surface area (Å²) in [5.74, 6) is -0.592. The molecule has 8 heteroatoms. The predicted octanol–water partition coefficient (Wildman–Crippen LogP) is 0.718. The fourth-order valence-corrected chi connectivity index (χ4v) is 4.71. The first kappa shape index (κ1) is 21.5. The number of carbonyl (C=O) groups excluding carboxylic acids is 4. The number of benzene rings is 1. The van der Waals surface area contributed by atoms with E-state index in [1.54, 1.807) is 4.90 Å². The van der Waals surface area contributed by atoms with E-state index < -0.39 is 0 Å². The minimum absolute atomic E-state index is 0.000410. The van der Waals surface area contributed by atoms with Gasteiger partial charge in [0, 0.05) is 52.1 Å². The van der Waals surface area contributed by atoms with Crippen molar-refractivity contribution in [3.05, 3.63) is 35.9 Å². The lowest BCUT2D eigenvalue weighted by atomic mass is 9.95. The number of imide groups is 1. The zero-order valence-corrected chi connectivity index (χ0v) is 17.9. The number of piperidine rings is 1. The molecule has 3 fully saturated rings. The number of carbonyl (C=O) groups is 4. The van der Waals surface area contributed by atoms with Crippen LogP contribution in [0.3, 0.4) is 0 Å². The lowest BCUT2D eigenvalue weighted by Gasteiger charge is -2.39. The molecule has 3 aliphatic heterocycles. The molecule has 8 nitrogen and oxygen atoms in total. The fourth-order valence-electron chi connectivity index (χ4n) is 4.71. The predicted molar refractivity (Wildman–Crippen MR) is 114 cm³/mol. The molecular weight excluding hydrogens is 396 g/mol. The minimum atomic E-state index is -0.274.